The Morgan fingerprint density at radius 2 is 1.86 bits per heavy atom. The number of nitrogens with one attached hydrogen (secondary N) is 1. The van der Waals surface area contributed by atoms with E-state index < -0.39 is 5.82 Å². The Kier molecular flexibility index (Phi) is 8.15. The van der Waals surface area contributed by atoms with E-state index in [1.807, 2.05) is 56.3 Å². The molecule has 1 atom stereocenters. The second kappa shape index (κ2) is 11.5. The number of hydrogen-bond acceptors (Lipinski definition) is 7. The fourth-order valence-electron chi connectivity index (χ4n) is 4.42. The van der Waals surface area contributed by atoms with Gasteiger partial charge in [0.05, 0.1) is 18.8 Å². The number of hydroxylamine groups is 1. The van der Waals surface area contributed by atoms with Gasteiger partial charge in [0, 0.05) is 18.7 Å². The van der Waals surface area contributed by atoms with Gasteiger partial charge in [-0.2, -0.15) is 4.98 Å². The molecule has 1 aliphatic rings. The van der Waals surface area contributed by atoms with Crippen molar-refractivity contribution in [1.82, 2.24) is 14.9 Å². The van der Waals surface area contributed by atoms with Crippen molar-refractivity contribution in [3.05, 3.63) is 71.2 Å². The molecule has 0 amide bonds. The Balaban J connectivity index is 1.49. The molecule has 0 bridgehead atoms. The van der Waals surface area contributed by atoms with Crippen molar-refractivity contribution in [2.75, 3.05) is 43.2 Å². The largest absolute Gasteiger partial charge is 0.492 e. The summed E-state index contributed by atoms with van der Waals surface area (Å²) in [6, 6.07) is 13.8. The van der Waals surface area contributed by atoms with E-state index >= 15 is 0 Å². The third kappa shape index (κ3) is 5.89. The number of rotatable bonds is 10. The van der Waals surface area contributed by atoms with E-state index in [0.717, 1.165) is 54.2 Å². The molecule has 0 spiro atoms. The number of aryl methyl sites for hydroxylation is 2. The van der Waals surface area contributed by atoms with E-state index in [9.17, 15) is 4.39 Å². The van der Waals surface area contributed by atoms with Gasteiger partial charge in [-0.15, -0.1) is 0 Å². The maximum absolute atomic E-state index is 14.8. The highest BCUT2D eigenvalue weighted by Crippen LogP contribution is 2.35. The van der Waals surface area contributed by atoms with Crippen LogP contribution in [0.15, 0.2) is 48.7 Å². The van der Waals surface area contributed by atoms with Gasteiger partial charge >= 0.3 is 0 Å². The minimum Gasteiger partial charge on any atom is -0.492 e. The van der Waals surface area contributed by atoms with Gasteiger partial charge in [0.2, 0.25) is 5.95 Å². The van der Waals surface area contributed by atoms with E-state index in [2.05, 4.69) is 34.0 Å². The highest BCUT2D eigenvalue weighted by atomic mass is 19.1. The van der Waals surface area contributed by atoms with Crippen molar-refractivity contribution in [3.8, 4) is 5.75 Å². The number of aromatic nitrogens is 2. The number of likely N-dealkylation sites (N-methyl/N-ethyl adjacent to an activating group) is 1. The minimum absolute atomic E-state index is 0.106. The molecule has 1 fully saturated rings. The van der Waals surface area contributed by atoms with Gasteiger partial charge in [0.15, 0.2) is 11.6 Å². The van der Waals surface area contributed by atoms with Gasteiger partial charge in [0.1, 0.15) is 12.4 Å². The predicted octanol–water partition coefficient (Wildman–Crippen LogP) is 5.58. The fourth-order valence-corrected chi connectivity index (χ4v) is 4.42. The SMILES string of the molecule is CCN(CC)CCOc1c(C)cc(Nc2ncc(F)c(N3OCCC3c3ccccc3)n2)cc1C. The van der Waals surface area contributed by atoms with Gasteiger partial charge in [-0.1, -0.05) is 44.2 Å². The zero-order valence-electron chi connectivity index (χ0n) is 20.9. The van der Waals surface area contributed by atoms with Gasteiger partial charge in [0.25, 0.3) is 0 Å². The zero-order chi connectivity index (χ0) is 24.8. The standard InChI is InChI=1S/C27H34FN5O2/c1-5-32(6-2)13-15-34-25-19(3)16-22(17-20(25)4)30-27-29-18-23(28)26(31-27)33-24(12-14-35-33)21-10-8-7-9-11-21/h7-11,16-18,24H,5-6,12-15H2,1-4H3,(H,29,30,31). The second-order valence-electron chi connectivity index (χ2n) is 8.68. The highest BCUT2D eigenvalue weighted by Gasteiger charge is 2.31. The monoisotopic (exact) mass is 479 g/mol. The molecular weight excluding hydrogens is 445 g/mol. The first kappa shape index (κ1) is 24.9. The van der Waals surface area contributed by atoms with E-state index in [4.69, 9.17) is 9.57 Å². The maximum Gasteiger partial charge on any atom is 0.229 e. The molecule has 0 aliphatic carbocycles. The van der Waals surface area contributed by atoms with E-state index in [0.29, 0.717) is 19.2 Å². The number of anilines is 3. The normalized spacial score (nSPS) is 15.6. The quantitative estimate of drug-likeness (QED) is 0.407. The molecule has 8 heteroatoms. The Morgan fingerprint density at radius 3 is 2.54 bits per heavy atom. The summed E-state index contributed by atoms with van der Waals surface area (Å²) in [6.45, 7) is 12.4. The molecule has 1 N–H and O–H groups in total. The van der Waals surface area contributed by atoms with Crippen molar-refractivity contribution >= 4 is 17.5 Å². The molecule has 1 aliphatic heterocycles. The summed E-state index contributed by atoms with van der Waals surface area (Å²) in [4.78, 5) is 16.7. The molecule has 7 nitrogen and oxygen atoms in total. The van der Waals surface area contributed by atoms with Crippen LogP contribution in [-0.4, -0.2) is 47.7 Å². The summed E-state index contributed by atoms with van der Waals surface area (Å²) < 4.78 is 20.9. The third-order valence-corrected chi connectivity index (χ3v) is 6.29. The molecule has 1 unspecified atom stereocenters. The number of ether oxygens (including phenoxy) is 1. The topological polar surface area (TPSA) is 62.8 Å². The lowest BCUT2D eigenvalue weighted by molar-refractivity contribution is 0.154. The Bertz CT molecular complexity index is 1100. The molecule has 1 aromatic heterocycles. The average Bonchev–Trinajstić information content (AvgIpc) is 3.35. The fraction of sp³-hybridized carbons (Fsp3) is 0.407. The molecule has 0 saturated carbocycles. The molecule has 4 rings (SSSR count). The molecule has 186 valence electrons. The Labute approximate surface area is 206 Å². The number of hydrogen-bond donors (Lipinski definition) is 1. The first-order chi connectivity index (χ1) is 17.0. The van der Waals surface area contributed by atoms with E-state index in [-0.39, 0.29) is 11.9 Å². The van der Waals surface area contributed by atoms with Crippen molar-refractivity contribution in [1.29, 1.82) is 0 Å². The van der Waals surface area contributed by atoms with Crippen LogP contribution in [0.4, 0.5) is 21.8 Å². The van der Waals surface area contributed by atoms with Crippen LogP contribution in [0.25, 0.3) is 0 Å². The average molecular weight is 480 g/mol. The predicted molar refractivity (Wildman–Crippen MR) is 137 cm³/mol. The summed E-state index contributed by atoms with van der Waals surface area (Å²) in [7, 11) is 0. The van der Waals surface area contributed by atoms with Crippen LogP contribution in [0.2, 0.25) is 0 Å². The van der Waals surface area contributed by atoms with Crippen molar-refractivity contribution in [3.63, 3.8) is 0 Å². The number of benzene rings is 2. The van der Waals surface area contributed by atoms with Crippen molar-refractivity contribution in [2.45, 2.75) is 40.2 Å². The summed E-state index contributed by atoms with van der Waals surface area (Å²) in [5.74, 6) is 0.790. The van der Waals surface area contributed by atoms with Gasteiger partial charge in [-0.3, -0.25) is 4.84 Å². The van der Waals surface area contributed by atoms with Crippen LogP contribution in [0, 0.1) is 19.7 Å². The van der Waals surface area contributed by atoms with Gasteiger partial charge < -0.3 is 15.0 Å². The summed E-state index contributed by atoms with van der Waals surface area (Å²) in [5.41, 5.74) is 3.90. The Hall–Kier alpha value is -3.23. The summed E-state index contributed by atoms with van der Waals surface area (Å²) in [6.07, 6.45) is 1.93. The lowest BCUT2D eigenvalue weighted by Gasteiger charge is -2.24. The first-order valence-corrected chi connectivity index (χ1v) is 12.2. The Morgan fingerprint density at radius 1 is 1.14 bits per heavy atom. The molecule has 3 aromatic rings. The number of halogens is 1. The van der Waals surface area contributed by atoms with E-state index in [1.165, 1.54) is 6.20 Å². The summed E-state index contributed by atoms with van der Waals surface area (Å²) >= 11 is 0. The van der Waals surface area contributed by atoms with Crippen LogP contribution in [-0.2, 0) is 4.84 Å². The van der Waals surface area contributed by atoms with Gasteiger partial charge in [-0.25, -0.2) is 14.4 Å². The van der Waals surface area contributed by atoms with Crippen LogP contribution in [0.3, 0.4) is 0 Å². The lowest BCUT2D eigenvalue weighted by atomic mass is 10.0. The lowest BCUT2D eigenvalue weighted by Crippen LogP contribution is -2.28. The minimum atomic E-state index is -0.525. The molecule has 35 heavy (non-hydrogen) atoms. The van der Waals surface area contributed by atoms with Crippen LogP contribution in [0.1, 0.15) is 43.0 Å². The molecule has 1 saturated heterocycles. The van der Waals surface area contributed by atoms with Crippen LogP contribution >= 0.6 is 0 Å². The van der Waals surface area contributed by atoms with Crippen LogP contribution in [0.5, 0.6) is 5.75 Å². The number of nitrogens with zero attached hydrogens (tertiary/aromatic N) is 4. The zero-order valence-corrected chi connectivity index (χ0v) is 20.9. The van der Waals surface area contributed by atoms with Crippen LogP contribution < -0.4 is 15.1 Å². The molecular formula is C27H34FN5O2. The van der Waals surface area contributed by atoms with Crippen molar-refractivity contribution in [2.24, 2.45) is 0 Å². The second-order valence-corrected chi connectivity index (χ2v) is 8.68. The maximum atomic E-state index is 14.8. The van der Waals surface area contributed by atoms with Crippen molar-refractivity contribution < 1.29 is 14.0 Å². The molecule has 0 radical (unpaired) electrons. The highest BCUT2D eigenvalue weighted by molar-refractivity contribution is 5.61. The summed E-state index contributed by atoms with van der Waals surface area (Å²) in [5, 5.41) is 4.77. The van der Waals surface area contributed by atoms with E-state index in [1.54, 1.807) is 5.06 Å². The third-order valence-electron chi connectivity index (χ3n) is 6.29. The molecule has 2 heterocycles. The molecule has 2 aromatic carbocycles. The smallest absolute Gasteiger partial charge is 0.229 e. The van der Waals surface area contributed by atoms with Gasteiger partial charge in [-0.05, 0) is 55.8 Å². The first-order valence-electron chi connectivity index (χ1n) is 12.2.